The molecule has 0 heterocycles. The molecule has 0 saturated carbocycles. The second-order valence-electron chi connectivity index (χ2n) is 4.08. The minimum absolute atomic E-state index is 0.179. The summed E-state index contributed by atoms with van der Waals surface area (Å²) in [7, 11) is -3.55. The van der Waals surface area contributed by atoms with Crippen LogP contribution in [0.15, 0.2) is 51.8 Å². The van der Waals surface area contributed by atoms with Crippen molar-refractivity contribution in [3.63, 3.8) is 0 Å². The van der Waals surface area contributed by atoms with E-state index in [-0.39, 0.29) is 16.3 Å². The van der Waals surface area contributed by atoms with E-state index < -0.39 is 15.7 Å². The quantitative estimate of drug-likeness (QED) is 0.871. The first-order valence-corrected chi connectivity index (χ1v) is 7.85. The Morgan fingerprint density at radius 3 is 2.47 bits per heavy atom. The van der Waals surface area contributed by atoms with Gasteiger partial charge in [0.1, 0.15) is 5.82 Å². The Kier molecular flexibility index (Phi) is 3.91. The van der Waals surface area contributed by atoms with Crippen molar-refractivity contribution in [1.29, 1.82) is 0 Å². The fourth-order valence-corrected chi connectivity index (χ4v) is 4.19. The fraction of sp³-hybridized carbons (Fsp3) is 0.0769. The molecule has 2 aromatic rings. The van der Waals surface area contributed by atoms with Crippen LogP contribution in [0.3, 0.4) is 0 Å². The van der Waals surface area contributed by atoms with Crippen LogP contribution in [0.4, 0.5) is 10.1 Å². The second-order valence-corrected chi connectivity index (χ2v) is 6.89. The Bertz CT molecular complexity index is 696. The lowest BCUT2D eigenvalue weighted by atomic mass is 10.2. The van der Waals surface area contributed by atoms with Gasteiger partial charge in [-0.2, -0.15) is 0 Å². The summed E-state index contributed by atoms with van der Waals surface area (Å²) in [6.45, 7) is 0. The first-order chi connectivity index (χ1) is 8.88. The lowest BCUT2D eigenvalue weighted by Crippen LogP contribution is -2.06. The van der Waals surface area contributed by atoms with E-state index in [0.29, 0.717) is 10.0 Å². The van der Waals surface area contributed by atoms with Crippen LogP contribution < -0.4 is 5.73 Å². The first kappa shape index (κ1) is 14.0. The number of nitrogens with two attached hydrogens (primary N) is 1. The molecule has 0 aromatic heterocycles. The molecule has 0 bridgehead atoms. The Hall–Kier alpha value is -1.40. The molecule has 2 N–H and O–H groups in total. The number of halogens is 2. The van der Waals surface area contributed by atoms with Crippen LogP contribution in [0.5, 0.6) is 0 Å². The van der Waals surface area contributed by atoms with Crippen molar-refractivity contribution in [3.8, 4) is 0 Å². The third kappa shape index (κ3) is 3.33. The molecular weight excluding hydrogens is 333 g/mol. The molecular formula is C13H11BrFNO2S. The number of sulfone groups is 1. The van der Waals surface area contributed by atoms with Gasteiger partial charge in [-0.25, -0.2) is 12.8 Å². The minimum atomic E-state index is -3.55. The van der Waals surface area contributed by atoms with Crippen molar-refractivity contribution in [2.45, 2.75) is 10.6 Å². The summed E-state index contributed by atoms with van der Waals surface area (Å²) >= 11 is 3.20. The Balaban J connectivity index is 2.39. The van der Waals surface area contributed by atoms with Gasteiger partial charge in [0.15, 0.2) is 9.84 Å². The van der Waals surface area contributed by atoms with Crippen LogP contribution in [-0.2, 0) is 15.6 Å². The Morgan fingerprint density at radius 2 is 1.84 bits per heavy atom. The molecule has 0 radical (unpaired) electrons. The predicted molar refractivity (Wildman–Crippen MR) is 75.8 cm³/mol. The van der Waals surface area contributed by atoms with Crippen LogP contribution in [0.25, 0.3) is 0 Å². The number of benzene rings is 2. The molecule has 0 spiro atoms. The van der Waals surface area contributed by atoms with Crippen LogP contribution >= 0.6 is 15.9 Å². The van der Waals surface area contributed by atoms with Gasteiger partial charge in [-0.15, -0.1) is 0 Å². The molecule has 3 nitrogen and oxygen atoms in total. The number of hydrogen-bond acceptors (Lipinski definition) is 3. The number of rotatable bonds is 3. The highest BCUT2D eigenvalue weighted by molar-refractivity contribution is 9.10. The van der Waals surface area contributed by atoms with E-state index in [1.807, 2.05) is 0 Å². The molecule has 0 unspecified atom stereocenters. The largest absolute Gasteiger partial charge is 0.399 e. The second kappa shape index (κ2) is 5.30. The van der Waals surface area contributed by atoms with Crippen molar-refractivity contribution in [3.05, 3.63) is 58.3 Å². The third-order valence-corrected chi connectivity index (χ3v) is 5.20. The van der Waals surface area contributed by atoms with Crippen LogP contribution in [-0.4, -0.2) is 8.42 Å². The summed E-state index contributed by atoms with van der Waals surface area (Å²) in [6, 6.07) is 10.3. The van der Waals surface area contributed by atoms with Crippen molar-refractivity contribution in [2.24, 2.45) is 0 Å². The maximum absolute atomic E-state index is 13.2. The smallest absolute Gasteiger partial charge is 0.183 e. The molecule has 0 fully saturated rings. The Morgan fingerprint density at radius 1 is 1.16 bits per heavy atom. The molecule has 19 heavy (non-hydrogen) atoms. The minimum Gasteiger partial charge on any atom is -0.399 e. The molecule has 100 valence electrons. The number of hydrogen-bond donors (Lipinski definition) is 1. The van der Waals surface area contributed by atoms with Gasteiger partial charge in [-0.1, -0.05) is 12.1 Å². The summed E-state index contributed by atoms with van der Waals surface area (Å²) in [5.74, 6) is -0.838. The predicted octanol–water partition coefficient (Wildman–Crippen LogP) is 3.14. The van der Waals surface area contributed by atoms with Crippen molar-refractivity contribution in [1.82, 2.24) is 0 Å². The molecule has 2 rings (SSSR count). The zero-order chi connectivity index (χ0) is 14.0. The Labute approximate surface area is 119 Å². The highest BCUT2D eigenvalue weighted by Crippen LogP contribution is 2.25. The lowest BCUT2D eigenvalue weighted by Gasteiger charge is -2.07. The van der Waals surface area contributed by atoms with Gasteiger partial charge >= 0.3 is 0 Å². The molecule has 6 heteroatoms. The summed E-state index contributed by atoms with van der Waals surface area (Å²) < 4.78 is 38.2. The summed E-state index contributed by atoms with van der Waals surface area (Å²) in [4.78, 5) is 0.179. The molecule has 0 amide bonds. The van der Waals surface area contributed by atoms with E-state index in [4.69, 9.17) is 5.73 Å². The third-order valence-electron chi connectivity index (χ3n) is 2.51. The number of anilines is 1. The van der Waals surface area contributed by atoms with E-state index in [2.05, 4.69) is 15.9 Å². The van der Waals surface area contributed by atoms with E-state index >= 15 is 0 Å². The average molecular weight is 344 g/mol. The molecule has 0 aliphatic heterocycles. The zero-order valence-electron chi connectivity index (χ0n) is 9.81. The normalized spacial score (nSPS) is 11.5. The van der Waals surface area contributed by atoms with E-state index in [1.165, 1.54) is 18.2 Å². The van der Waals surface area contributed by atoms with Gasteiger partial charge in [-0.3, -0.25) is 0 Å². The van der Waals surface area contributed by atoms with E-state index in [1.54, 1.807) is 18.2 Å². The SMILES string of the molecule is Nc1cc(F)cc(CS(=O)(=O)c2ccccc2Br)c1. The maximum Gasteiger partial charge on any atom is 0.183 e. The van der Waals surface area contributed by atoms with Gasteiger partial charge in [-0.05, 0) is 51.8 Å². The van der Waals surface area contributed by atoms with E-state index in [0.717, 1.165) is 6.07 Å². The molecule has 0 aliphatic rings. The van der Waals surface area contributed by atoms with Crippen LogP contribution in [0, 0.1) is 5.82 Å². The van der Waals surface area contributed by atoms with Crippen LogP contribution in [0.2, 0.25) is 0 Å². The molecule has 0 atom stereocenters. The van der Waals surface area contributed by atoms with Gasteiger partial charge in [0.05, 0.1) is 10.6 Å². The zero-order valence-corrected chi connectivity index (χ0v) is 12.2. The standard InChI is InChI=1S/C13H11BrFNO2S/c14-12-3-1-2-4-13(12)19(17,18)8-9-5-10(15)7-11(16)6-9/h1-7H,8,16H2. The first-order valence-electron chi connectivity index (χ1n) is 5.41. The highest BCUT2D eigenvalue weighted by Gasteiger charge is 2.18. The van der Waals surface area contributed by atoms with Crippen LogP contribution in [0.1, 0.15) is 5.56 Å². The van der Waals surface area contributed by atoms with Gasteiger partial charge in [0.25, 0.3) is 0 Å². The van der Waals surface area contributed by atoms with Crippen molar-refractivity contribution in [2.75, 3.05) is 5.73 Å². The van der Waals surface area contributed by atoms with E-state index in [9.17, 15) is 12.8 Å². The highest BCUT2D eigenvalue weighted by atomic mass is 79.9. The van der Waals surface area contributed by atoms with Gasteiger partial charge in [0, 0.05) is 10.2 Å². The van der Waals surface area contributed by atoms with Gasteiger partial charge < -0.3 is 5.73 Å². The van der Waals surface area contributed by atoms with Gasteiger partial charge in [0.2, 0.25) is 0 Å². The van der Waals surface area contributed by atoms with Crippen molar-refractivity contribution >= 4 is 31.5 Å². The molecule has 0 aliphatic carbocycles. The monoisotopic (exact) mass is 343 g/mol. The fourth-order valence-electron chi connectivity index (χ4n) is 1.75. The summed E-state index contributed by atoms with van der Waals surface area (Å²) in [5, 5.41) is 0. The average Bonchev–Trinajstić information content (AvgIpc) is 2.26. The molecule has 2 aromatic carbocycles. The molecule has 0 saturated heterocycles. The maximum atomic E-state index is 13.2. The van der Waals surface area contributed by atoms with Crippen molar-refractivity contribution < 1.29 is 12.8 Å². The number of nitrogen functional groups attached to an aromatic ring is 1. The summed E-state index contributed by atoms with van der Waals surface area (Å²) in [6.07, 6.45) is 0. The topological polar surface area (TPSA) is 60.2 Å². The lowest BCUT2D eigenvalue weighted by molar-refractivity contribution is 0.594. The summed E-state index contributed by atoms with van der Waals surface area (Å²) in [5.41, 5.74) is 6.04.